The Kier molecular flexibility index (Phi) is 6.66. The van der Waals surface area contributed by atoms with Gasteiger partial charge in [-0.1, -0.05) is 60.7 Å². The molecule has 4 rings (SSSR count). The van der Waals surface area contributed by atoms with Crippen molar-refractivity contribution in [2.24, 2.45) is 5.73 Å². The van der Waals surface area contributed by atoms with Gasteiger partial charge in [0.05, 0.1) is 17.8 Å². The van der Waals surface area contributed by atoms with Crippen LogP contribution < -0.4 is 21.4 Å². The number of rotatable bonds is 7. The Balaban J connectivity index is 1.85. The summed E-state index contributed by atoms with van der Waals surface area (Å²) in [4.78, 5) is 4.49. The topological polar surface area (TPSA) is 68.0 Å². The molecule has 4 aromatic rings. The van der Waals surface area contributed by atoms with Crippen molar-refractivity contribution in [2.75, 3.05) is 0 Å². The van der Waals surface area contributed by atoms with Gasteiger partial charge in [-0.25, -0.2) is 0 Å². The van der Waals surface area contributed by atoms with Gasteiger partial charge < -0.3 is 5.73 Å². The Bertz CT molecular complexity index is 1170. The second-order valence-electron chi connectivity index (χ2n) is 8.01. The zero-order valence-electron chi connectivity index (χ0n) is 18.3. The minimum Gasteiger partial charge on any atom is -0.321 e. The lowest BCUT2D eigenvalue weighted by molar-refractivity contribution is 0.503. The van der Waals surface area contributed by atoms with E-state index in [9.17, 15) is 4.57 Å². The number of benzene rings is 3. The minimum absolute atomic E-state index is 0.407. The van der Waals surface area contributed by atoms with Crippen molar-refractivity contribution in [2.45, 2.75) is 25.9 Å². The number of nitrogens with one attached hydrogen (secondary N) is 1. The zero-order chi connectivity index (χ0) is 22.6. The predicted octanol–water partition coefficient (Wildman–Crippen LogP) is 4.96. The molecule has 0 fully saturated rings. The van der Waals surface area contributed by atoms with E-state index in [4.69, 9.17) is 5.73 Å². The summed E-state index contributed by atoms with van der Waals surface area (Å²) >= 11 is 0. The smallest absolute Gasteiger partial charge is 0.205 e. The van der Waals surface area contributed by atoms with Crippen LogP contribution in [0.1, 0.15) is 34.5 Å². The fourth-order valence-electron chi connectivity index (χ4n) is 3.83. The molecule has 0 saturated heterocycles. The van der Waals surface area contributed by atoms with Crippen LogP contribution in [-0.2, 0) is 4.57 Å². The van der Waals surface area contributed by atoms with Crippen LogP contribution in [0, 0.1) is 13.8 Å². The first-order valence-electron chi connectivity index (χ1n) is 10.7. The molecule has 0 bridgehead atoms. The van der Waals surface area contributed by atoms with E-state index < -0.39 is 19.4 Å². The SMILES string of the molecule is Cc1ccc([C@@H](NP(=O)(c2ccccc2)c2ccccc2)[C@@H](N)c2ccccn2)cc1C. The molecule has 0 aliphatic heterocycles. The van der Waals surface area contributed by atoms with Crippen LogP contribution in [0.25, 0.3) is 0 Å². The first kappa shape index (κ1) is 22.2. The summed E-state index contributed by atoms with van der Waals surface area (Å²) in [5.41, 5.74) is 10.9. The van der Waals surface area contributed by atoms with E-state index in [2.05, 4.69) is 42.1 Å². The summed E-state index contributed by atoms with van der Waals surface area (Å²) in [6.07, 6.45) is 1.74. The van der Waals surface area contributed by atoms with Gasteiger partial charge in [-0.2, -0.15) is 0 Å². The largest absolute Gasteiger partial charge is 0.321 e. The van der Waals surface area contributed by atoms with Crippen LogP contribution in [0.2, 0.25) is 0 Å². The van der Waals surface area contributed by atoms with Gasteiger partial charge in [0.1, 0.15) is 0 Å². The molecule has 1 aromatic heterocycles. The van der Waals surface area contributed by atoms with E-state index in [0.29, 0.717) is 0 Å². The van der Waals surface area contributed by atoms with Crippen molar-refractivity contribution in [1.82, 2.24) is 10.1 Å². The Labute approximate surface area is 190 Å². The van der Waals surface area contributed by atoms with E-state index in [1.54, 1.807) is 6.20 Å². The van der Waals surface area contributed by atoms with Crippen LogP contribution >= 0.6 is 7.29 Å². The number of aromatic nitrogens is 1. The van der Waals surface area contributed by atoms with Gasteiger partial charge in [-0.3, -0.25) is 14.6 Å². The van der Waals surface area contributed by atoms with Crippen LogP contribution in [0.5, 0.6) is 0 Å². The molecule has 32 heavy (non-hydrogen) atoms. The molecule has 4 nitrogen and oxygen atoms in total. The lowest BCUT2D eigenvalue weighted by Gasteiger charge is -2.31. The summed E-state index contributed by atoms with van der Waals surface area (Å²) in [5, 5.41) is 5.00. The predicted molar refractivity (Wildman–Crippen MR) is 133 cm³/mol. The fourth-order valence-corrected chi connectivity index (χ4v) is 6.32. The highest BCUT2D eigenvalue weighted by Crippen LogP contribution is 2.44. The van der Waals surface area contributed by atoms with Gasteiger partial charge in [0, 0.05) is 16.8 Å². The summed E-state index contributed by atoms with van der Waals surface area (Å²) in [5.74, 6) is 0. The van der Waals surface area contributed by atoms with E-state index in [1.807, 2.05) is 78.9 Å². The molecule has 3 N–H and O–H groups in total. The minimum atomic E-state index is -3.20. The zero-order valence-corrected chi connectivity index (χ0v) is 19.2. The number of hydrogen-bond acceptors (Lipinski definition) is 3. The first-order chi connectivity index (χ1) is 15.5. The van der Waals surface area contributed by atoms with Crippen molar-refractivity contribution in [3.05, 3.63) is 126 Å². The first-order valence-corrected chi connectivity index (χ1v) is 12.4. The second kappa shape index (κ2) is 9.62. The number of nitrogens with zero attached hydrogens (tertiary/aromatic N) is 1. The molecule has 0 saturated carbocycles. The Morgan fingerprint density at radius 1 is 0.781 bits per heavy atom. The maximum absolute atomic E-state index is 14.7. The van der Waals surface area contributed by atoms with Crippen molar-refractivity contribution in [1.29, 1.82) is 0 Å². The molecular formula is C27H28N3OP. The molecule has 0 radical (unpaired) electrons. The molecule has 0 spiro atoms. The lowest BCUT2D eigenvalue weighted by atomic mass is 9.95. The highest BCUT2D eigenvalue weighted by atomic mass is 31.2. The maximum Gasteiger partial charge on any atom is 0.205 e. The molecule has 0 amide bonds. The van der Waals surface area contributed by atoms with Gasteiger partial charge in [-0.15, -0.1) is 0 Å². The van der Waals surface area contributed by atoms with Gasteiger partial charge >= 0.3 is 0 Å². The molecule has 2 atom stereocenters. The fraction of sp³-hybridized carbons (Fsp3) is 0.148. The van der Waals surface area contributed by atoms with E-state index in [0.717, 1.165) is 27.4 Å². The number of nitrogens with two attached hydrogens (primary N) is 1. The van der Waals surface area contributed by atoms with E-state index in [-0.39, 0.29) is 0 Å². The summed E-state index contributed by atoms with van der Waals surface area (Å²) in [6.45, 7) is 4.16. The Morgan fingerprint density at radius 2 is 1.38 bits per heavy atom. The number of aryl methyl sites for hydroxylation is 2. The van der Waals surface area contributed by atoms with Crippen LogP contribution in [0.15, 0.2) is 103 Å². The maximum atomic E-state index is 14.7. The monoisotopic (exact) mass is 441 g/mol. The van der Waals surface area contributed by atoms with Crippen molar-refractivity contribution in [3.8, 4) is 0 Å². The third-order valence-corrected chi connectivity index (χ3v) is 8.53. The summed E-state index contributed by atoms with van der Waals surface area (Å²) in [6, 6.07) is 30.2. The third-order valence-electron chi connectivity index (χ3n) is 5.84. The van der Waals surface area contributed by atoms with Crippen molar-refractivity contribution < 1.29 is 4.57 Å². The number of hydrogen-bond donors (Lipinski definition) is 2. The van der Waals surface area contributed by atoms with Gasteiger partial charge in [-0.05, 0) is 66.9 Å². The average molecular weight is 442 g/mol. The normalized spacial score (nSPS) is 13.5. The van der Waals surface area contributed by atoms with Crippen LogP contribution in [0.4, 0.5) is 0 Å². The molecule has 3 aromatic carbocycles. The molecule has 0 aliphatic rings. The molecule has 0 aliphatic carbocycles. The Hall–Kier alpha value is -3.04. The Morgan fingerprint density at radius 3 is 1.91 bits per heavy atom. The molecular weight excluding hydrogens is 413 g/mol. The standard InChI is InChI=1S/C27H28N3OP/c1-20-16-17-22(19-21(20)2)27(26(28)25-15-9-10-18-29-25)30-32(31,23-11-5-3-6-12-23)24-13-7-4-8-14-24/h3-19,26-27H,28H2,1-2H3,(H,30,31)/t26-,27+/m0/s1. The average Bonchev–Trinajstić information content (AvgIpc) is 2.85. The van der Waals surface area contributed by atoms with Gasteiger partial charge in [0.15, 0.2) is 0 Å². The quantitative estimate of drug-likeness (QED) is 0.398. The van der Waals surface area contributed by atoms with Gasteiger partial charge in [0.25, 0.3) is 0 Å². The molecule has 1 heterocycles. The van der Waals surface area contributed by atoms with Gasteiger partial charge in [0.2, 0.25) is 7.29 Å². The highest BCUT2D eigenvalue weighted by Gasteiger charge is 2.34. The number of pyridine rings is 1. The van der Waals surface area contributed by atoms with Crippen molar-refractivity contribution in [3.63, 3.8) is 0 Å². The summed E-state index contributed by atoms with van der Waals surface area (Å²) in [7, 11) is -3.20. The third kappa shape index (κ3) is 4.58. The van der Waals surface area contributed by atoms with E-state index in [1.165, 1.54) is 5.56 Å². The molecule has 0 unspecified atom stereocenters. The van der Waals surface area contributed by atoms with E-state index >= 15 is 0 Å². The van der Waals surface area contributed by atoms with Crippen molar-refractivity contribution >= 4 is 17.9 Å². The molecule has 5 heteroatoms. The van der Waals surface area contributed by atoms with Crippen LogP contribution in [0.3, 0.4) is 0 Å². The lowest BCUT2D eigenvalue weighted by Crippen LogP contribution is -2.36. The van der Waals surface area contributed by atoms with Crippen LogP contribution in [-0.4, -0.2) is 4.98 Å². The summed E-state index contributed by atoms with van der Waals surface area (Å²) < 4.78 is 14.7. The second-order valence-corrected chi connectivity index (χ2v) is 10.5. The highest BCUT2D eigenvalue weighted by molar-refractivity contribution is 7.76. The molecule has 162 valence electrons.